The molecule has 6 nitrogen and oxygen atoms in total. The highest BCUT2D eigenvalue weighted by molar-refractivity contribution is 7.99. The fourth-order valence-electron chi connectivity index (χ4n) is 1.10. The summed E-state index contributed by atoms with van der Waals surface area (Å²) in [6.07, 6.45) is 0. The monoisotopic (exact) mass is 257 g/mol. The van der Waals surface area contributed by atoms with Gasteiger partial charge in [-0.3, -0.25) is 10.7 Å². The number of nitrogens with one attached hydrogen (secondary N) is 3. The van der Waals surface area contributed by atoms with E-state index >= 15 is 0 Å². The summed E-state index contributed by atoms with van der Waals surface area (Å²) >= 11 is 1.50. The number of hydrogen-bond donors (Lipinski definition) is 4. The van der Waals surface area contributed by atoms with Crippen LogP contribution in [0.25, 0.3) is 0 Å². The maximum atomic E-state index is 11.0. The Kier molecular flexibility index (Phi) is 6.41. The van der Waals surface area contributed by atoms with Gasteiger partial charge in [-0.1, -0.05) is 12.1 Å². The van der Waals surface area contributed by atoms with Crippen molar-refractivity contribution in [3.05, 3.63) is 29.8 Å². The van der Waals surface area contributed by atoms with E-state index in [1.807, 2.05) is 24.3 Å². The number of benzene rings is 1. The van der Waals surface area contributed by atoms with Gasteiger partial charge in [-0.25, -0.2) is 15.1 Å². The average molecular weight is 257 g/mol. The molecule has 0 radical (unpaired) electrons. The lowest BCUT2D eigenvalue weighted by atomic mass is 10.2. The van der Waals surface area contributed by atoms with E-state index in [2.05, 4.69) is 21.1 Å². The third-order valence-electron chi connectivity index (χ3n) is 1.86. The Bertz CT molecular complexity index is 345. The van der Waals surface area contributed by atoms with Crippen molar-refractivity contribution in [3.8, 4) is 0 Å². The minimum atomic E-state index is -0.273. The van der Waals surface area contributed by atoms with Gasteiger partial charge in [0.05, 0.1) is 5.88 Å². The van der Waals surface area contributed by atoms with Crippen LogP contribution in [0.1, 0.15) is 5.56 Å². The maximum absolute atomic E-state index is 11.0. The van der Waals surface area contributed by atoms with Crippen molar-refractivity contribution >= 4 is 17.8 Å². The van der Waals surface area contributed by atoms with Crippen molar-refractivity contribution < 1.29 is 14.9 Å². The predicted octanol–water partition coefficient (Wildman–Crippen LogP) is 1.16. The first-order valence-electron chi connectivity index (χ1n) is 4.95. The molecule has 0 unspecified atom stereocenters. The van der Waals surface area contributed by atoms with Crippen LogP contribution in [0.3, 0.4) is 0 Å². The minimum absolute atomic E-state index is 0.174. The topological polar surface area (TPSA) is 82.6 Å². The van der Waals surface area contributed by atoms with Gasteiger partial charge in [0.1, 0.15) is 6.61 Å². The number of carbonyl (C=O) groups excluding carboxylic acids is 1. The van der Waals surface area contributed by atoms with E-state index in [1.165, 1.54) is 11.8 Å². The van der Waals surface area contributed by atoms with Crippen LogP contribution in [-0.4, -0.2) is 24.2 Å². The summed E-state index contributed by atoms with van der Waals surface area (Å²) in [7, 11) is 1.62. The molecule has 1 aromatic rings. The summed E-state index contributed by atoms with van der Waals surface area (Å²) in [5.74, 6) is 0.476. The lowest BCUT2D eigenvalue weighted by molar-refractivity contribution is -0.253. The summed E-state index contributed by atoms with van der Waals surface area (Å²) in [5, 5.41) is 10.9. The SMILES string of the molecule is CNNC(=O)NCSc1ccc(COO)cc1. The predicted molar refractivity (Wildman–Crippen MR) is 65.3 cm³/mol. The Balaban J connectivity index is 2.29. The van der Waals surface area contributed by atoms with Gasteiger partial charge >= 0.3 is 6.03 Å². The summed E-state index contributed by atoms with van der Waals surface area (Å²) in [5.41, 5.74) is 5.82. The highest BCUT2D eigenvalue weighted by Crippen LogP contribution is 2.17. The quantitative estimate of drug-likeness (QED) is 0.266. The third kappa shape index (κ3) is 5.55. The normalized spacial score (nSPS) is 10.0. The number of thioether (sulfide) groups is 1. The molecule has 17 heavy (non-hydrogen) atoms. The first kappa shape index (κ1) is 13.8. The number of rotatable bonds is 6. The molecular weight excluding hydrogens is 242 g/mol. The fraction of sp³-hybridized carbons (Fsp3) is 0.300. The molecule has 94 valence electrons. The molecule has 7 heteroatoms. The maximum Gasteiger partial charge on any atom is 0.329 e. The van der Waals surface area contributed by atoms with Gasteiger partial charge in [0, 0.05) is 11.9 Å². The zero-order chi connectivity index (χ0) is 12.5. The Morgan fingerprint density at radius 2 is 2.12 bits per heavy atom. The summed E-state index contributed by atoms with van der Waals surface area (Å²) < 4.78 is 0. The number of amides is 2. The smallest absolute Gasteiger partial charge is 0.328 e. The van der Waals surface area contributed by atoms with Gasteiger partial charge in [0.15, 0.2) is 0 Å². The average Bonchev–Trinajstić information content (AvgIpc) is 2.32. The number of hydrazine groups is 1. The molecule has 0 aromatic heterocycles. The molecule has 0 heterocycles. The Labute approximate surface area is 104 Å². The van der Waals surface area contributed by atoms with Crippen molar-refractivity contribution in [2.75, 3.05) is 12.9 Å². The second kappa shape index (κ2) is 7.91. The lowest BCUT2D eigenvalue weighted by Crippen LogP contribution is -2.41. The fourth-order valence-corrected chi connectivity index (χ4v) is 1.80. The largest absolute Gasteiger partial charge is 0.329 e. The molecule has 0 bridgehead atoms. The number of hydrogen-bond acceptors (Lipinski definition) is 5. The van der Waals surface area contributed by atoms with Crippen molar-refractivity contribution in [3.63, 3.8) is 0 Å². The molecule has 0 atom stereocenters. The molecule has 0 fully saturated rings. The Morgan fingerprint density at radius 1 is 1.41 bits per heavy atom. The molecule has 1 rings (SSSR count). The van der Waals surface area contributed by atoms with Crippen LogP contribution in [0.2, 0.25) is 0 Å². The first-order chi connectivity index (χ1) is 8.26. The number of urea groups is 1. The van der Waals surface area contributed by atoms with E-state index < -0.39 is 0 Å². The van der Waals surface area contributed by atoms with Gasteiger partial charge in [-0.2, -0.15) is 0 Å². The standard InChI is InChI=1S/C10H15N3O3S/c1-11-13-10(14)12-7-17-9-4-2-8(3-5-9)6-16-15/h2-5,11,15H,6-7H2,1H3,(H2,12,13,14). The van der Waals surface area contributed by atoms with E-state index in [1.54, 1.807) is 7.05 Å². The van der Waals surface area contributed by atoms with Crippen LogP contribution in [0.5, 0.6) is 0 Å². The molecular formula is C10H15N3O3S. The summed E-state index contributed by atoms with van der Waals surface area (Å²) in [6, 6.07) is 7.23. The molecule has 0 aliphatic rings. The number of carbonyl (C=O) groups is 1. The molecule has 0 saturated heterocycles. The van der Waals surface area contributed by atoms with Crippen LogP contribution >= 0.6 is 11.8 Å². The van der Waals surface area contributed by atoms with Crippen molar-refractivity contribution in [1.82, 2.24) is 16.2 Å². The van der Waals surface area contributed by atoms with Crippen molar-refractivity contribution in [2.24, 2.45) is 0 Å². The Hall–Kier alpha value is -1.28. The second-order valence-electron chi connectivity index (χ2n) is 3.09. The highest BCUT2D eigenvalue weighted by atomic mass is 32.2. The molecule has 2 amide bonds. The van der Waals surface area contributed by atoms with E-state index in [9.17, 15) is 4.79 Å². The molecule has 0 saturated carbocycles. The van der Waals surface area contributed by atoms with Gasteiger partial charge in [0.2, 0.25) is 0 Å². The molecule has 0 aliphatic heterocycles. The second-order valence-corrected chi connectivity index (χ2v) is 4.14. The van der Waals surface area contributed by atoms with E-state index in [0.717, 1.165) is 10.5 Å². The van der Waals surface area contributed by atoms with E-state index in [-0.39, 0.29) is 12.6 Å². The van der Waals surface area contributed by atoms with Crippen LogP contribution in [0, 0.1) is 0 Å². The van der Waals surface area contributed by atoms with Crippen LogP contribution in [0.15, 0.2) is 29.2 Å². The molecule has 1 aromatic carbocycles. The van der Waals surface area contributed by atoms with Crippen LogP contribution < -0.4 is 16.2 Å². The zero-order valence-electron chi connectivity index (χ0n) is 9.40. The molecule has 4 N–H and O–H groups in total. The van der Waals surface area contributed by atoms with Gasteiger partial charge in [0.25, 0.3) is 0 Å². The van der Waals surface area contributed by atoms with E-state index in [0.29, 0.717) is 5.88 Å². The summed E-state index contributed by atoms with van der Waals surface area (Å²) in [4.78, 5) is 16.1. The Morgan fingerprint density at radius 3 is 2.71 bits per heavy atom. The third-order valence-corrected chi connectivity index (χ3v) is 2.76. The van der Waals surface area contributed by atoms with Crippen molar-refractivity contribution in [1.29, 1.82) is 0 Å². The minimum Gasteiger partial charge on any atom is -0.328 e. The van der Waals surface area contributed by atoms with Crippen LogP contribution in [0.4, 0.5) is 4.79 Å². The first-order valence-corrected chi connectivity index (χ1v) is 5.93. The van der Waals surface area contributed by atoms with Crippen LogP contribution in [-0.2, 0) is 11.5 Å². The molecule has 0 spiro atoms. The van der Waals surface area contributed by atoms with E-state index in [4.69, 9.17) is 5.26 Å². The van der Waals surface area contributed by atoms with Gasteiger partial charge in [-0.15, -0.1) is 11.8 Å². The van der Waals surface area contributed by atoms with Gasteiger partial charge in [-0.05, 0) is 17.7 Å². The highest BCUT2D eigenvalue weighted by Gasteiger charge is 1.98. The molecule has 0 aliphatic carbocycles. The lowest BCUT2D eigenvalue weighted by Gasteiger charge is -2.06. The zero-order valence-corrected chi connectivity index (χ0v) is 10.2. The van der Waals surface area contributed by atoms with Crippen molar-refractivity contribution in [2.45, 2.75) is 11.5 Å². The summed E-state index contributed by atoms with van der Waals surface area (Å²) in [6.45, 7) is 0.174. The van der Waals surface area contributed by atoms with Gasteiger partial charge < -0.3 is 5.32 Å².